The summed E-state index contributed by atoms with van der Waals surface area (Å²) >= 11 is 0. The van der Waals surface area contributed by atoms with Gasteiger partial charge in [0.2, 0.25) is 5.91 Å². The molecule has 1 saturated heterocycles. The summed E-state index contributed by atoms with van der Waals surface area (Å²) < 4.78 is 23.2. The molecule has 2 unspecified atom stereocenters. The molecule has 1 amide bonds. The normalized spacial score (nSPS) is 21.3. The van der Waals surface area contributed by atoms with Gasteiger partial charge in [0, 0.05) is 18.8 Å². The second-order valence-electron chi connectivity index (χ2n) is 7.70. The molecule has 0 aliphatic carbocycles. The van der Waals surface area contributed by atoms with Gasteiger partial charge in [0.1, 0.15) is 6.04 Å². The maximum Gasteiger partial charge on any atom is 0.244 e. The largest absolute Gasteiger partial charge is 0.374 e. The molecule has 134 valence electrons. The number of benzene rings is 1. The predicted molar refractivity (Wildman–Crippen MR) is 98.1 cm³/mol. The Balaban J connectivity index is 1.98. The average molecular weight is 353 g/mol. The van der Waals surface area contributed by atoms with Gasteiger partial charge >= 0.3 is 0 Å². The Bertz CT molecular complexity index is 690. The predicted octanol–water partition coefficient (Wildman–Crippen LogP) is 2.43. The van der Waals surface area contributed by atoms with Gasteiger partial charge in [0.05, 0.1) is 11.5 Å². The quantitative estimate of drug-likeness (QED) is 0.904. The van der Waals surface area contributed by atoms with Crippen LogP contribution in [0.25, 0.3) is 0 Å². The van der Waals surface area contributed by atoms with Gasteiger partial charge in [-0.05, 0) is 36.5 Å². The molecule has 2 rings (SSSR count). The first-order chi connectivity index (χ1) is 11.0. The van der Waals surface area contributed by atoms with Crippen molar-refractivity contribution < 1.29 is 13.2 Å². The van der Waals surface area contributed by atoms with Crippen molar-refractivity contribution in [3.8, 4) is 0 Å². The molecule has 1 N–H and O–H groups in total. The van der Waals surface area contributed by atoms with Crippen LogP contribution in [0.2, 0.25) is 0 Å². The van der Waals surface area contributed by atoms with Crippen LogP contribution in [0.5, 0.6) is 0 Å². The van der Waals surface area contributed by atoms with Gasteiger partial charge in [-0.2, -0.15) is 0 Å². The van der Waals surface area contributed by atoms with E-state index < -0.39 is 15.9 Å². The van der Waals surface area contributed by atoms with E-state index in [0.717, 1.165) is 5.69 Å². The number of carbonyl (C=O) groups is 1. The molecule has 1 aliphatic rings. The number of hydrogen-bond donors (Lipinski definition) is 1. The Morgan fingerprint density at radius 3 is 2.29 bits per heavy atom. The van der Waals surface area contributed by atoms with Crippen molar-refractivity contribution >= 4 is 21.4 Å². The van der Waals surface area contributed by atoms with E-state index in [1.165, 1.54) is 5.56 Å². The highest BCUT2D eigenvalue weighted by Gasteiger charge is 2.34. The lowest BCUT2D eigenvalue weighted by atomic mass is 9.87. The molecule has 1 heterocycles. The van der Waals surface area contributed by atoms with Gasteiger partial charge in [0.15, 0.2) is 9.84 Å². The number of sulfone groups is 1. The van der Waals surface area contributed by atoms with Gasteiger partial charge in [-0.25, -0.2) is 8.42 Å². The number of anilines is 1. The molecule has 1 aromatic rings. The number of nitrogens with zero attached hydrogens (tertiary/aromatic N) is 1. The first-order valence-electron chi connectivity index (χ1n) is 8.34. The second-order valence-corrected chi connectivity index (χ2v) is 9.93. The highest BCUT2D eigenvalue weighted by Crippen LogP contribution is 2.24. The zero-order valence-corrected chi connectivity index (χ0v) is 16.0. The van der Waals surface area contributed by atoms with Gasteiger partial charge < -0.3 is 10.2 Å². The fourth-order valence-electron chi connectivity index (χ4n) is 2.94. The molecule has 0 saturated carbocycles. The van der Waals surface area contributed by atoms with Gasteiger partial charge in [-0.3, -0.25) is 4.79 Å². The monoisotopic (exact) mass is 352 g/mol. The lowest BCUT2D eigenvalue weighted by Gasteiger charge is -2.27. The van der Waals surface area contributed by atoms with Gasteiger partial charge in [0.25, 0.3) is 0 Å². The van der Waals surface area contributed by atoms with Crippen LogP contribution in [0.1, 0.15) is 39.7 Å². The molecular formula is C18H28N2O3S. The van der Waals surface area contributed by atoms with E-state index in [-0.39, 0.29) is 28.9 Å². The minimum absolute atomic E-state index is 0.0717. The Kier molecular flexibility index (Phi) is 5.28. The number of amides is 1. The van der Waals surface area contributed by atoms with Crippen LogP contribution in [0.4, 0.5) is 5.69 Å². The SMILES string of the molecule is CC(Nc1ccc(C(C)(C)C)cc1)C(=O)N(C)C1CCS(=O)(=O)C1. The van der Waals surface area contributed by atoms with Crippen LogP contribution in [0.15, 0.2) is 24.3 Å². The van der Waals surface area contributed by atoms with E-state index in [4.69, 9.17) is 0 Å². The third kappa shape index (κ3) is 4.50. The summed E-state index contributed by atoms with van der Waals surface area (Å²) in [5.74, 6) is 0.158. The topological polar surface area (TPSA) is 66.5 Å². The fourth-order valence-corrected chi connectivity index (χ4v) is 4.72. The summed E-state index contributed by atoms with van der Waals surface area (Å²) in [6.07, 6.45) is 0.525. The van der Waals surface area contributed by atoms with Crippen LogP contribution in [-0.2, 0) is 20.0 Å². The van der Waals surface area contributed by atoms with Crippen molar-refractivity contribution in [1.82, 2.24) is 4.90 Å². The third-order valence-electron chi connectivity index (χ3n) is 4.61. The molecule has 0 spiro atoms. The van der Waals surface area contributed by atoms with Crippen molar-refractivity contribution in [3.05, 3.63) is 29.8 Å². The Labute approximate surface area is 145 Å². The summed E-state index contributed by atoms with van der Waals surface area (Å²) in [6, 6.07) is 7.46. The maximum atomic E-state index is 12.5. The summed E-state index contributed by atoms with van der Waals surface area (Å²) in [4.78, 5) is 14.1. The molecular weight excluding hydrogens is 324 g/mol. The number of rotatable bonds is 4. The minimum Gasteiger partial charge on any atom is -0.374 e. The summed E-state index contributed by atoms with van der Waals surface area (Å²) in [5, 5.41) is 3.20. The maximum absolute atomic E-state index is 12.5. The van der Waals surface area contributed by atoms with Crippen LogP contribution >= 0.6 is 0 Å². The van der Waals surface area contributed by atoms with E-state index in [0.29, 0.717) is 6.42 Å². The van der Waals surface area contributed by atoms with E-state index in [1.807, 2.05) is 12.1 Å². The molecule has 2 atom stereocenters. The van der Waals surface area contributed by atoms with E-state index in [2.05, 4.69) is 38.2 Å². The van der Waals surface area contributed by atoms with Gasteiger partial charge in [-0.1, -0.05) is 32.9 Å². The van der Waals surface area contributed by atoms with Crippen molar-refractivity contribution in [3.63, 3.8) is 0 Å². The van der Waals surface area contributed by atoms with Crippen LogP contribution < -0.4 is 5.32 Å². The van der Waals surface area contributed by atoms with Crippen LogP contribution in [0.3, 0.4) is 0 Å². The molecule has 1 aliphatic heterocycles. The zero-order valence-electron chi connectivity index (χ0n) is 15.2. The van der Waals surface area contributed by atoms with Crippen LogP contribution in [-0.4, -0.2) is 49.9 Å². The number of hydrogen-bond acceptors (Lipinski definition) is 4. The van der Waals surface area contributed by atoms with Crippen LogP contribution in [0, 0.1) is 0 Å². The van der Waals surface area contributed by atoms with E-state index >= 15 is 0 Å². The lowest BCUT2D eigenvalue weighted by molar-refractivity contribution is -0.132. The fraction of sp³-hybridized carbons (Fsp3) is 0.611. The number of carbonyl (C=O) groups excluding carboxylic acids is 1. The zero-order chi connectivity index (χ0) is 18.1. The molecule has 1 aromatic carbocycles. The lowest BCUT2D eigenvalue weighted by Crippen LogP contribution is -2.45. The third-order valence-corrected chi connectivity index (χ3v) is 6.36. The molecule has 6 heteroatoms. The average Bonchev–Trinajstić information content (AvgIpc) is 2.85. The standard InChI is InChI=1S/C18H28N2O3S/c1-13(17(21)20(5)16-10-11-24(22,23)12-16)19-15-8-6-14(7-9-15)18(2,3)4/h6-9,13,16,19H,10-12H2,1-5H3. The molecule has 0 bridgehead atoms. The molecule has 5 nitrogen and oxygen atoms in total. The van der Waals surface area contributed by atoms with E-state index in [1.54, 1.807) is 18.9 Å². The first kappa shape index (κ1) is 18.8. The van der Waals surface area contributed by atoms with Crippen molar-refractivity contribution in [2.75, 3.05) is 23.9 Å². The number of nitrogens with one attached hydrogen (secondary N) is 1. The smallest absolute Gasteiger partial charge is 0.244 e. The second kappa shape index (κ2) is 6.75. The summed E-state index contributed by atoms with van der Waals surface area (Å²) in [7, 11) is -1.30. The molecule has 0 aromatic heterocycles. The molecule has 24 heavy (non-hydrogen) atoms. The summed E-state index contributed by atoms with van der Waals surface area (Å²) in [6.45, 7) is 8.28. The minimum atomic E-state index is -2.99. The molecule has 0 radical (unpaired) electrons. The Morgan fingerprint density at radius 2 is 1.83 bits per heavy atom. The van der Waals surface area contributed by atoms with Gasteiger partial charge in [-0.15, -0.1) is 0 Å². The van der Waals surface area contributed by atoms with Crippen molar-refractivity contribution in [2.45, 2.75) is 51.6 Å². The Hall–Kier alpha value is -1.56. The van der Waals surface area contributed by atoms with Crippen molar-refractivity contribution in [1.29, 1.82) is 0 Å². The van der Waals surface area contributed by atoms with E-state index in [9.17, 15) is 13.2 Å². The molecule has 1 fully saturated rings. The summed E-state index contributed by atoms with van der Waals surface area (Å²) in [5.41, 5.74) is 2.21. The highest BCUT2D eigenvalue weighted by molar-refractivity contribution is 7.91. The number of likely N-dealkylation sites (N-methyl/N-ethyl adjacent to an activating group) is 1. The van der Waals surface area contributed by atoms with Crippen molar-refractivity contribution in [2.24, 2.45) is 0 Å². The highest BCUT2D eigenvalue weighted by atomic mass is 32.2. The first-order valence-corrected chi connectivity index (χ1v) is 10.2. The Morgan fingerprint density at radius 1 is 1.25 bits per heavy atom.